The summed E-state index contributed by atoms with van der Waals surface area (Å²) in [5.74, 6) is 0. The van der Waals surface area contributed by atoms with Crippen LogP contribution < -0.4 is 4.72 Å². The Morgan fingerprint density at radius 1 is 1.24 bits per heavy atom. The minimum atomic E-state index is -3.58. The molecule has 0 bridgehead atoms. The van der Waals surface area contributed by atoms with Gasteiger partial charge in [0.05, 0.1) is 18.9 Å². The van der Waals surface area contributed by atoms with Gasteiger partial charge in [-0.1, -0.05) is 19.3 Å². The van der Waals surface area contributed by atoms with Gasteiger partial charge in [-0.2, -0.15) is 5.10 Å². The SMILES string of the molecule is CCn1cc(S(=O)(=O)NC2(CN3CCOCC3)CCCCC2)c(C)n1. The average molecular weight is 371 g/mol. The van der Waals surface area contributed by atoms with Crippen molar-refractivity contribution >= 4 is 10.0 Å². The van der Waals surface area contributed by atoms with Crippen LogP contribution in [0.3, 0.4) is 0 Å². The molecule has 0 atom stereocenters. The Kier molecular flexibility index (Phi) is 5.82. The lowest BCUT2D eigenvalue weighted by Crippen LogP contribution is -2.57. The molecule has 1 saturated carbocycles. The van der Waals surface area contributed by atoms with Crippen LogP contribution in [0.5, 0.6) is 0 Å². The molecule has 2 fully saturated rings. The molecule has 2 aliphatic rings. The molecule has 2 heterocycles. The van der Waals surface area contributed by atoms with Gasteiger partial charge in [0.2, 0.25) is 10.0 Å². The summed E-state index contributed by atoms with van der Waals surface area (Å²) in [6, 6.07) is 0. The zero-order chi connectivity index (χ0) is 17.9. The molecule has 1 aromatic rings. The number of hydrogen-bond donors (Lipinski definition) is 1. The van der Waals surface area contributed by atoms with Gasteiger partial charge >= 0.3 is 0 Å². The maximum Gasteiger partial charge on any atom is 0.244 e. The Hall–Kier alpha value is -0.960. The summed E-state index contributed by atoms with van der Waals surface area (Å²) in [7, 11) is -3.58. The lowest BCUT2D eigenvalue weighted by Gasteiger charge is -2.42. The van der Waals surface area contributed by atoms with Crippen LogP contribution in [-0.4, -0.2) is 61.5 Å². The first-order valence-electron chi connectivity index (χ1n) is 9.32. The molecule has 0 spiro atoms. The summed E-state index contributed by atoms with van der Waals surface area (Å²) in [6.07, 6.45) is 6.75. The summed E-state index contributed by atoms with van der Waals surface area (Å²) < 4.78 is 36.4. The molecule has 0 amide bonds. The van der Waals surface area contributed by atoms with Crippen LogP contribution >= 0.6 is 0 Å². The third-order valence-corrected chi connectivity index (χ3v) is 6.99. The van der Waals surface area contributed by atoms with E-state index >= 15 is 0 Å². The van der Waals surface area contributed by atoms with E-state index in [9.17, 15) is 8.42 Å². The minimum absolute atomic E-state index is 0.307. The summed E-state index contributed by atoms with van der Waals surface area (Å²) in [5.41, 5.74) is 0.182. The maximum absolute atomic E-state index is 13.1. The highest BCUT2D eigenvalue weighted by molar-refractivity contribution is 7.89. The number of hydrogen-bond acceptors (Lipinski definition) is 5. The van der Waals surface area contributed by atoms with E-state index < -0.39 is 10.0 Å². The van der Waals surface area contributed by atoms with Crippen LogP contribution in [0.1, 0.15) is 44.7 Å². The van der Waals surface area contributed by atoms with Gasteiger partial charge in [-0.15, -0.1) is 0 Å². The Morgan fingerprint density at radius 3 is 2.52 bits per heavy atom. The van der Waals surface area contributed by atoms with Crippen molar-refractivity contribution in [2.24, 2.45) is 0 Å². The second-order valence-electron chi connectivity index (χ2n) is 7.27. The number of ether oxygens (including phenoxy) is 1. The van der Waals surface area contributed by atoms with Crippen LogP contribution in [-0.2, 0) is 21.3 Å². The van der Waals surface area contributed by atoms with Gasteiger partial charge in [0, 0.05) is 37.9 Å². The van der Waals surface area contributed by atoms with Crippen LogP contribution in [0.25, 0.3) is 0 Å². The first-order valence-corrected chi connectivity index (χ1v) is 10.8. The molecule has 1 N–H and O–H groups in total. The van der Waals surface area contributed by atoms with Crippen molar-refractivity contribution in [1.29, 1.82) is 0 Å². The van der Waals surface area contributed by atoms with Gasteiger partial charge in [-0.3, -0.25) is 9.58 Å². The molecule has 25 heavy (non-hydrogen) atoms. The molecule has 0 unspecified atom stereocenters. The summed E-state index contributed by atoms with van der Waals surface area (Å²) in [5, 5.41) is 4.30. The van der Waals surface area contributed by atoms with Crippen molar-refractivity contribution in [2.75, 3.05) is 32.8 Å². The Balaban J connectivity index is 1.82. The van der Waals surface area contributed by atoms with Gasteiger partial charge in [0.1, 0.15) is 4.90 Å². The van der Waals surface area contributed by atoms with Gasteiger partial charge < -0.3 is 4.74 Å². The lowest BCUT2D eigenvalue weighted by atomic mass is 9.82. The molecule has 1 aromatic heterocycles. The molecule has 3 rings (SSSR count). The van der Waals surface area contributed by atoms with Gasteiger partial charge in [0.25, 0.3) is 0 Å². The average Bonchev–Trinajstić information content (AvgIpc) is 2.98. The summed E-state index contributed by atoms with van der Waals surface area (Å²) in [4.78, 5) is 2.64. The topological polar surface area (TPSA) is 76.5 Å². The molecule has 8 heteroatoms. The predicted octanol–water partition coefficient (Wildman–Crippen LogP) is 1.52. The number of aryl methyl sites for hydroxylation is 2. The fourth-order valence-electron chi connectivity index (χ4n) is 3.97. The smallest absolute Gasteiger partial charge is 0.244 e. The number of sulfonamides is 1. The highest BCUT2D eigenvalue weighted by atomic mass is 32.2. The molecule has 142 valence electrons. The molecule has 1 aliphatic carbocycles. The predicted molar refractivity (Wildman–Crippen MR) is 96.0 cm³/mol. The number of nitrogens with one attached hydrogen (secondary N) is 1. The van der Waals surface area contributed by atoms with Crippen LogP contribution in [0.15, 0.2) is 11.1 Å². The van der Waals surface area contributed by atoms with Crippen molar-refractivity contribution in [3.05, 3.63) is 11.9 Å². The van der Waals surface area contributed by atoms with E-state index in [1.807, 2.05) is 6.92 Å². The van der Waals surface area contributed by atoms with E-state index in [4.69, 9.17) is 4.74 Å². The zero-order valence-electron chi connectivity index (χ0n) is 15.3. The van der Waals surface area contributed by atoms with Crippen LogP contribution in [0.4, 0.5) is 0 Å². The monoisotopic (exact) mass is 370 g/mol. The van der Waals surface area contributed by atoms with E-state index in [1.54, 1.807) is 17.8 Å². The third kappa shape index (κ3) is 4.42. The molecular formula is C17H30N4O3S. The fourth-order valence-corrected chi connectivity index (χ4v) is 5.61. The molecule has 7 nitrogen and oxygen atoms in total. The van der Waals surface area contributed by atoms with E-state index in [2.05, 4.69) is 14.7 Å². The number of nitrogens with zero attached hydrogens (tertiary/aromatic N) is 3. The minimum Gasteiger partial charge on any atom is -0.379 e. The highest BCUT2D eigenvalue weighted by Gasteiger charge is 2.39. The second kappa shape index (κ2) is 7.73. The zero-order valence-corrected chi connectivity index (χ0v) is 16.1. The van der Waals surface area contributed by atoms with Gasteiger partial charge in [-0.25, -0.2) is 13.1 Å². The van der Waals surface area contributed by atoms with E-state index in [-0.39, 0.29) is 5.54 Å². The Bertz CT molecular complexity index is 674. The maximum atomic E-state index is 13.1. The Morgan fingerprint density at radius 2 is 1.92 bits per heavy atom. The van der Waals surface area contributed by atoms with E-state index in [0.717, 1.165) is 58.5 Å². The quantitative estimate of drug-likeness (QED) is 0.822. The molecule has 0 aromatic carbocycles. The molecular weight excluding hydrogens is 340 g/mol. The van der Waals surface area contributed by atoms with Crippen molar-refractivity contribution in [2.45, 2.75) is 62.9 Å². The van der Waals surface area contributed by atoms with Gasteiger partial charge in [0.15, 0.2) is 0 Å². The highest BCUT2D eigenvalue weighted by Crippen LogP contribution is 2.31. The largest absolute Gasteiger partial charge is 0.379 e. The number of rotatable bonds is 6. The first kappa shape index (κ1) is 18.8. The van der Waals surface area contributed by atoms with E-state index in [0.29, 0.717) is 17.1 Å². The molecule has 1 aliphatic heterocycles. The summed E-state index contributed by atoms with van der Waals surface area (Å²) >= 11 is 0. The van der Waals surface area contributed by atoms with Crippen LogP contribution in [0, 0.1) is 6.92 Å². The number of morpholine rings is 1. The van der Waals surface area contributed by atoms with Crippen molar-refractivity contribution in [1.82, 2.24) is 19.4 Å². The lowest BCUT2D eigenvalue weighted by molar-refractivity contribution is 0.0214. The van der Waals surface area contributed by atoms with Crippen molar-refractivity contribution < 1.29 is 13.2 Å². The second-order valence-corrected chi connectivity index (χ2v) is 8.92. The van der Waals surface area contributed by atoms with Crippen molar-refractivity contribution in [3.8, 4) is 0 Å². The fraction of sp³-hybridized carbons (Fsp3) is 0.824. The van der Waals surface area contributed by atoms with E-state index in [1.165, 1.54) is 6.42 Å². The molecule has 0 radical (unpaired) electrons. The standard InChI is InChI=1S/C17H30N4O3S/c1-3-21-13-16(15(2)18-21)25(22,23)19-17(7-5-4-6-8-17)14-20-9-11-24-12-10-20/h13,19H,3-12,14H2,1-2H3. The normalized spacial score (nSPS) is 22.2. The van der Waals surface area contributed by atoms with Crippen molar-refractivity contribution in [3.63, 3.8) is 0 Å². The molecule has 1 saturated heterocycles. The van der Waals surface area contributed by atoms with Crippen LogP contribution in [0.2, 0.25) is 0 Å². The number of aromatic nitrogens is 2. The third-order valence-electron chi connectivity index (χ3n) is 5.31. The summed E-state index contributed by atoms with van der Waals surface area (Å²) in [6.45, 7) is 8.34. The van der Waals surface area contributed by atoms with Gasteiger partial charge in [-0.05, 0) is 26.7 Å². The Labute approximate surface area is 150 Å². The first-order chi connectivity index (χ1) is 11.9.